The predicted octanol–water partition coefficient (Wildman–Crippen LogP) is 7.99. The summed E-state index contributed by atoms with van der Waals surface area (Å²) in [5.74, 6) is 0. The first-order chi connectivity index (χ1) is 16.9. The zero-order chi connectivity index (χ0) is 23.8. The summed E-state index contributed by atoms with van der Waals surface area (Å²) in [6.45, 7) is 0.329. The van der Waals surface area contributed by atoms with Gasteiger partial charge in [-0.15, -0.1) is 0 Å². The Morgan fingerprint density at radius 2 is 1.17 bits per heavy atom. The SMILES string of the molecule is OCC12CCC3(COF)CC4(C3)c3cc(Br)ccc3-c3ccc5c(c34)C(C1)(C2)c1cc(Br)ccc1-5. The van der Waals surface area contributed by atoms with Crippen LogP contribution in [0.1, 0.15) is 60.8 Å². The maximum absolute atomic E-state index is 13.4. The van der Waals surface area contributed by atoms with E-state index in [9.17, 15) is 9.63 Å². The lowest BCUT2D eigenvalue weighted by Crippen LogP contribution is -2.58. The minimum Gasteiger partial charge on any atom is -0.396 e. The molecule has 35 heavy (non-hydrogen) atoms. The van der Waals surface area contributed by atoms with Crippen molar-refractivity contribution in [1.82, 2.24) is 0 Å². The lowest BCUT2D eigenvalue weighted by Gasteiger charge is -2.63. The number of aliphatic hydroxyl groups excluding tert-OH is 1. The Bertz CT molecular complexity index is 1450. The zero-order valence-electron chi connectivity index (χ0n) is 19.3. The normalized spacial score (nSPS) is 34.4. The second-order valence-electron chi connectivity index (χ2n) is 12.1. The first-order valence-electron chi connectivity index (χ1n) is 12.5. The summed E-state index contributed by atoms with van der Waals surface area (Å²) < 4.78 is 15.6. The molecule has 178 valence electrons. The van der Waals surface area contributed by atoms with Crippen molar-refractivity contribution < 1.29 is 14.6 Å². The van der Waals surface area contributed by atoms with Crippen LogP contribution in [-0.2, 0) is 15.8 Å². The number of hydrogen-bond donors (Lipinski definition) is 1. The smallest absolute Gasteiger partial charge is 0.0933 e. The minimum absolute atomic E-state index is 0.0685. The molecule has 2 spiro atoms. The van der Waals surface area contributed by atoms with Crippen LogP contribution < -0.4 is 0 Å². The Morgan fingerprint density at radius 1 is 0.714 bits per heavy atom. The van der Waals surface area contributed by atoms with Crippen molar-refractivity contribution in [2.75, 3.05) is 13.2 Å². The summed E-state index contributed by atoms with van der Waals surface area (Å²) in [5.41, 5.74) is 10.6. The van der Waals surface area contributed by atoms with Crippen molar-refractivity contribution in [1.29, 1.82) is 0 Å². The fraction of sp³-hybridized carbons (Fsp3) is 0.400. The first kappa shape index (κ1) is 21.5. The van der Waals surface area contributed by atoms with Crippen molar-refractivity contribution in [2.24, 2.45) is 10.8 Å². The third-order valence-corrected chi connectivity index (χ3v) is 11.3. The summed E-state index contributed by atoms with van der Waals surface area (Å²) in [6.07, 6.45) is 5.51. The van der Waals surface area contributed by atoms with E-state index in [-0.39, 0.29) is 34.9 Å². The van der Waals surface area contributed by atoms with Gasteiger partial charge in [0.25, 0.3) is 0 Å². The van der Waals surface area contributed by atoms with Gasteiger partial charge in [0, 0.05) is 26.4 Å². The molecule has 2 saturated carbocycles. The van der Waals surface area contributed by atoms with Crippen LogP contribution in [0.25, 0.3) is 22.3 Å². The topological polar surface area (TPSA) is 29.5 Å². The minimum atomic E-state index is -0.190. The van der Waals surface area contributed by atoms with Crippen molar-refractivity contribution in [2.45, 2.75) is 49.4 Å². The molecule has 11 rings (SSSR count). The number of benzene rings is 3. The summed E-state index contributed by atoms with van der Waals surface area (Å²) in [4.78, 5) is 4.35. The van der Waals surface area contributed by atoms with Gasteiger partial charge in [-0.3, -0.25) is 0 Å². The van der Waals surface area contributed by atoms with Gasteiger partial charge in [-0.1, -0.05) is 56.1 Å². The van der Waals surface area contributed by atoms with Crippen LogP contribution in [0.3, 0.4) is 0 Å². The molecule has 0 radical (unpaired) electrons. The van der Waals surface area contributed by atoms with Crippen LogP contribution in [0.5, 0.6) is 0 Å². The Labute approximate surface area is 221 Å². The Kier molecular flexibility index (Phi) is 4.10. The molecule has 2 fully saturated rings. The standard InChI is InChI=1S/C30H25Br2FO2/c31-17-1-3-19-21-5-6-22-20-4-2-18(32)10-24(20)30-13-28(14-30,16-35-33)8-7-27(15-34)11-29(12-27,23(19)9-17)25(21)26(22)30/h1-6,9-10,34H,7-8,11-16H2. The van der Waals surface area contributed by atoms with E-state index in [0.717, 1.165) is 47.5 Å². The van der Waals surface area contributed by atoms with E-state index in [2.05, 4.69) is 85.3 Å². The van der Waals surface area contributed by atoms with Gasteiger partial charge >= 0.3 is 0 Å². The molecule has 3 aromatic carbocycles. The van der Waals surface area contributed by atoms with Crippen LogP contribution in [0.2, 0.25) is 0 Å². The van der Waals surface area contributed by atoms with E-state index in [4.69, 9.17) is 0 Å². The average molecular weight is 596 g/mol. The van der Waals surface area contributed by atoms with E-state index in [1.165, 1.54) is 44.5 Å². The molecule has 0 heterocycles. The number of rotatable bonds is 3. The fourth-order valence-corrected chi connectivity index (χ4v) is 9.89. The Morgan fingerprint density at radius 3 is 1.66 bits per heavy atom. The zero-order valence-corrected chi connectivity index (χ0v) is 22.4. The molecule has 4 bridgehead atoms. The van der Waals surface area contributed by atoms with Gasteiger partial charge in [0.1, 0.15) is 0 Å². The Balaban J connectivity index is 1.47. The van der Waals surface area contributed by atoms with Gasteiger partial charge in [-0.25, -0.2) is 0 Å². The van der Waals surface area contributed by atoms with Crippen molar-refractivity contribution in [3.05, 3.63) is 79.7 Å². The molecule has 0 aliphatic heterocycles. The van der Waals surface area contributed by atoms with Gasteiger partial charge in [0.15, 0.2) is 0 Å². The highest BCUT2D eigenvalue weighted by molar-refractivity contribution is 9.10. The van der Waals surface area contributed by atoms with Crippen LogP contribution in [0.4, 0.5) is 4.53 Å². The second-order valence-corrected chi connectivity index (χ2v) is 13.9. The molecule has 0 amide bonds. The fourth-order valence-electron chi connectivity index (χ4n) is 9.17. The van der Waals surface area contributed by atoms with E-state index in [1.807, 2.05) is 0 Å². The van der Waals surface area contributed by atoms with Crippen LogP contribution in [-0.4, -0.2) is 18.3 Å². The molecule has 5 heteroatoms. The van der Waals surface area contributed by atoms with Gasteiger partial charge in [0.05, 0.1) is 6.61 Å². The van der Waals surface area contributed by atoms with Gasteiger partial charge < -0.3 is 5.11 Å². The summed E-state index contributed by atoms with van der Waals surface area (Å²) in [5, 5.41) is 10.6. The lowest BCUT2D eigenvalue weighted by atomic mass is 9.41. The molecular weight excluding hydrogens is 571 g/mol. The van der Waals surface area contributed by atoms with E-state index in [1.54, 1.807) is 0 Å². The van der Waals surface area contributed by atoms with Gasteiger partial charge in [-0.05, 0) is 123 Å². The molecular formula is C30H25Br2FO2. The highest BCUT2D eigenvalue weighted by atomic mass is 79.9. The Hall–Kier alpha value is -1.53. The highest BCUT2D eigenvalue weighted by Gasteiger charge is 2.67. The maximum Gasteiger partial charge on any atom is 0.0933 e. The highest BCUT2D eigenvalue weighted by Crippen LogP contribution is 2.76. The first-order valence-corrected chi connectivity index (χ1v) is 14.1. The summed E-state index contributed by atoms with van der Waals surface area (Å²) in [7, 11) is 0. The molecule has 0 aromatic heterocycles. The van der Waals surface area contributed by atoms with E-state index in [0.29, 0.717) is 0 Å². The molecule has 0 saturated heterocycles. The van der Waals surface area contributed by atoms with Gasteiger partial charge in [0.2, 0.25) is 0 Å². The summed E-state index contributed by atoms with van der Waals surface area (Å²) in [6, 6.07) is 18.1. The van der Waals surface area contributed by atoms with Crippen LogP contribution in [0.15, 0.2) is 57.5 Å². The molecule has 1 N–H and O–H groups in total. The third kappa shape index (κ3) is 2.43. The van der Waals surface area contributed by atoms with Crippen LogP contribution >= 0.6 is 31.9 Å². The van der Waals surface area contributed by atoms with Crippen molar-refractivity contribution in [3.8, 4) is 22.3 Å². The molecule has 3 aromatic rings. The molecule has 2 nitrogen and oxygen atoms in total. The molecule has 0 unspecified atom stereocenters. The number of halogens is 3. The number of hydrogen-bond acceptors (Lipinski definition) is 2. The number of fused-ring (bicyclic) bond motifs is 4. The third-order valence-electron chi connectivity index (χ3n) is 10.3. The molecule has 0 atom stereocenters. The van der Waals surface area contributed by atoms with E-state index < -0.39 is 0 Å². The maximum atomic E-state index is 13.4. The molecule has 8 aliphatic carbocycles. The molecule has 8 aliphatic rings. The number of aliphatic hydroxyl groups is 1. The average Bonchev–Trinajstić information content (AvgIpc) is 3.24. The summed E-state index contributed by atoms with van der Waals surface area (Å²) >= 11 is 7.48. The predicted molar refractivity (Wildman–Crippen MR) is 141 cm³/mol. The monoisotopic (exact) mass is 594 g/mol. The van der Waals surface area contributed by atoms with E-state index >= 15 is 0 Å². The lowest BCUT2D eigenvalue weighted by molar-refractivity contribution is -0.193. The van der Waals surface area contributed by atoms with Crippen LogP contribution in [0, 0.1) is 10.8 Å². The second kappa shape index (κ2) is 6.66. The largest absolute Gasteiger partial charge is 0.396 e. The quantitative estimate of drug-likeness (QED) is 0.332. The van der Waals surface area contributed by atoms with Gasteiger partial charge in [-0.2, -0.15) is 4.94 Å². The van der Waals surface area contributed by atoms with Crippen molar-refractivity contribution >= 4 is 31.9 Å². The van der Waals surface area contributed by atoms with Crippen molar-refractivity contribution in [3.63, 3.8) is 0 Å².